The monoisotopic (exact) mass is 317 g/mol. The van der Waals surface area contributed by atoms with Crippen molar-refractivity contribution in [3.8, 4) is 0 Å². The largest absolute Gasteiger partial charge is 0.480 e. The number of halogens is 2. The molecule has 0 aliphatic rings. The zero-order valence-electron chi connectivity index (χ0n) is 9.98. The quantitative estimate of drug-likeness (QED) is 0.928. The van der Waals surface area contributed by atoms with E-state index in [0.29, 0.717) is 0 Å². The molecule has 0 saturated carbocycles. The first-order valence-electron chi connectivity index (χ1n) is 5.31. The van der Waals surface area contributed by atoms with Gasteiger partial charge in [0.1, 0.15) is 12.4 Å². The molecule has 0 aliphatic carbocycles. The van der Waals surface area contributed by atoms with Gasteiger partial charge in [0.2, 0.25) is 0 Å². The topological polar surface area (TPSA) is 57.6 Å². The fourth-order valence-electron chi connectivity index (χ4n) is 1.46. The number of amides is 1. The summed E-state index contributed by atoms with van der Waals surface area (Å²) in [7, 11) is 0. The molecule has 0 radical (unpaired) electrons. The summed E-state index contributed by atoms with van der Waals surface area (Å²) in [6, 6.07) is 3.79. The third-order valence-corrected chi connectivity index (χ3v) is 3.18. The molecule has 0 heterocycles. The maximum atomic E-state index is 13.3. The fraction of sp³-hybridized carbons (Fsp3) is 0.333. The van der Waals surface area contributed by atoms with E-state index < -0.39 is 24.2 Å². The normalized spacial score (nSPS) is 10.5. The molecule has 1 rings (SSSR count). The number of carbonyl (C=O) groups is 2. The summed E-state index contributed by atoms with van der Waals surface area (Å²) < 4.78 is 13.4. The Morgan fingerprint density at radius 2 is 2.06 bits per heavy atom. The number of nitrogens with zero attached hydrogens (tertiary/aromatic N) is 1. The van der Waals surface area contributed by atoms with Crippen LogP contribution >= 0.6 is 15.9 Å². The summed E-state index contributed by atoms with van der Waals surface area (Å²) in [5.41, 5.74) is 0.116. The van der Waals surface area contributed by atoms with Crippen molar-refractivity contribution in [1.29, 1.82) is 0 Å². The minimum Gasteiger partial charge on any atom is -0.480 e. The zero-order chi connectivity index (χ0) is 13.9. The second kappa shape index (κ2) is 5.95. The van der Waals surface area contributed by atoms with E-state index in [4.69, 9.17) is 5.11 Å². The lowest BCUT2D eigenvalue weighted by Gasteiger charge is -2.25. The van der Waals surface area contributed by atoms with Crippen LogP contribution in [0.2, 0.25) is 0 Å². The Morgan fingerprint density at radius 1 is 1.44 bits per heavy atom. The van der Waals surface area contributed by atoms with Crippen molar-refractivity contribution in [3.05, 3.63) is 34.1 Å². The van der Waals surface area contributed by atoms with E-state index >= 15 is 0 Å². The van der Waals surface area contributed by atoms with Crippen LogP contribution in [0.4, 0.5) is 4.39 Å². The van der Waals surface area contributed by atoms with Crippen molar-refractivity contribution in [3.63, 3.8) is 0 Å². The number of aliphatic carboxylic acids is 1. The van der Waals surface area contributed by atoms with Crippen LogP contribution in [0.15, 0.2) is 22.7 Å². The Bertz CT molecular complexity index is 476. The number of carbonyl (C=O) groups excluding carboxylic acids is 1. The van der Waals surface area contributed by atoms with Crippen LogP contribution in [0, 0.1) is 5.82 Å². The van der Waals surface area contributed by atoms with Crippen LogP contribution in [0.5, 0.6) is 0 Å². The molecule has 1 aromatic rings. The number of carboxylic acids is 1. The van der Waals surface area contributed by atoms with E-state index in [-0.39, 0.29) is 16.1 Å². The molecule has 98 valence electrons. The van der Waals surface area contributed by atoms with Gasteiger partial charge >= 0.3 is 5.97 Å². The Balaban J connectivity index is 3.10. The van der Waals surface area contributed by atoms with Crippen LogP contribution in [-0.2, 0) is 4.79 Å². The average Bonchev–Trinajstić information content (AvgIpc) is 2.28. The van der Waals surface area contributed by atoms with E-state index in [1.807, 2.05) is 0 Å². The molecule has 0 spiro atoms. The van der Waals surface area contributed by atoms with Crippen molar-refractivity contribution in [2.75, 3.05) is 6.54 Å². The molecule has 1 aromatic carbocycles. The van der Waals surface area contributed by atoms with Crippen molar-refractivity contribution in [1.82, 2.24) is 4.90 Å². The maximum absolute atomic E-state index is 13.3. The summed E-state index contributed by atoms with van der Waals surface area (Å²) >= 11 is 2.99. The van der Waals surface area contributed by atoms with Gasteiger partial charge in [-0.3, -0.25) is 9.59 Å². The second-order valence-electron chi connectivity index (χ2n) is 4.02. The number of rotatable bonds is 4. The summed E-state index contributed by atoms with van der Waals surface area (Å²) in [6.07, 6.45) is 0. The Kier molecular flexibility index (Phi) is 4.84. The molecule has 0 aliphatic heterocycles. The number of benzene rings is 1. The molecular formula is C12H13BrFNO3. The highest BCUT2D eigenvalue weighted by atomic mass is 79.9. The van der Waals surface area contributed by atoms with Gasteiger partial charge in [0.15, 0.2) is 0 Å². The van der Waals surface area contributed by atoms with Crippen LogP contribution in [-0.4, -0.2) is 34.5 Å². The first kappa shape index (κ1) is 14.6. The molecule has 0 unspecified atom stereocenters. The van der Waals surface area contributed by atoms with Crippen LogP contribution in [0.1, 0.15) is 24.2 Å². The molecule has 1 N–H and O–H groups in total. The van der Waals surface area contributed by atoms with E-state index in [1.54, 1.807) is 13.8 Å². The standard InChI is InChI=1S/C12H13BrFNO3/c1-7(2)15(6-10(16)17)12(18)8-4-3-5-9(14)11(8)13/h3-5,7H,6H2,1-2H3,(H,16,17). The molecule has 4 nitrogen and oxygen atoms in total. The molecule has 0 atom stereocenters. The summed E-state index contributed by atoms with van der Waals surface area (Å²) in [6.45, 7) is 2.99. The molecule has 6 heteroatoms. The second-order valence-corrected chi connectivity index (χ2v) is 4.81. The lowest BCUT2D eigenvalue weighted by Crippen LogP contribution is -2.40. The van der Waals surface area contributed by atoms with Gasteiger partial charge in [-0.1, -0.05) is 6.07 Å². The molecule has 1 amide bonds. The smallest absolute Gasteiger partial charge is 0.323 e. The van der Waals surface area contributed by atoms with Gasteiger partial charge in [-0.15, -0.1) is 0 Å². The number of carboxylic acid groups (broad SMARTS) is 1. The first-order chi connectivity index (χ1) is 8.34. The SMILES string of the molecule is CC(C)N(CC(=O)O)C(=O)c1cccc(F)c1Br. The Labute approximate surface area is 113 Å². The fourth-order valence-corrected chi connectivity index (χ4v) is 1.89. The Hall–Kier alpha value is -1.43. The number of hydrogen-bond acceptors (Lipinski definition) is 2. The minimum atomic E-state index is -1.11. The van der Waals surface area contributed by atoms with Crippen molar-refractivity contribution >= 4 is 27.8 Å². The van der Waals surface area contributed by atoms with E-state index in [1.165, 1.54) is 23.1 Å². The van der Waals surface area contributed by atoms with Crippen LogP contribution < -0.4 is 0 Å². The lowest BCUT2D eigenvalue weighted by atomic mass is 10.1. The van der Waals surface area contributed by atoms with Gasteiger partial charge in [0.05, 0.1) is 10.0 Å². The number of hydrogen-bond donors (Lipinski definition) is 1. The summed E-state index contributed by atoms with van der Waals surface area (Å²) in [4.78, 5) is 24.1. The van der Waals surface area contributed by atoms with Crippen molar-refractivity contribution in [2.45, 2.75) is 19.9 Å². The van der Waals surface area contributed by atoms with Gasteiger partial charge in [-0.2, -0.15) is 0 Å². The highest BCUT2D eigenvalue weighted by Gasteiger charge is 2.23. The lowest BCUT2D eigenvalue weighted by molar-refractivity contribution is -0.138. The molecule has 0 saturated heterocycles. The zero-order valence-corrected chi connectivity index (χ0v) is 11.6. The van der Waals surface area contributed by atoms with Crippen molar-refractivity contribution in [2.24, 2.45) is 0 Å². The first-order valence-corrected chi connectivity index (χ1v) is 6.10. The van der Waals surface area contributed by atoms with E-state index in [0.717, 1.165) is 0 Å². The summed E-state index contributed by atoms with van der Waals surface area (Å²) in [5, 5.41) is 8.77. The van der Waals surface area contributed by atoms with Gasteiger partial charge in [0, 0.05) is 6.04 Å². The highest BCUT2D eigenvalue weighted by molar-refractivity contribution is 9.10. The van der Waals surface area contributed by atoms with E-state index in [2.05, 4.69) is 15.9 Å². The van der Waals surface area contributed by atoms with Gasteiger partial charge < -0.3 is 10.0 Å². The third-order valence-electron chi connectivity index (χ3n) is 2.37. The van der Waals surface area contributed by atoms with Crippen molar-refractivity contribution < 1.29 is 19.1 Å². The predicted octanol–water partition coefficient (Wildman–Crippen LogP) is 2.52. The maximum Gasteiger partial charge on any atom is 0.323 e. The predicted molar refractivity (Wildman–Crippen MR) is 67.9 cm³/mol. The molecule has 0 aromatic heterocycles. The third kappa shape index (κ3) is 3.29. The summed E-state index contributed by atoms with van der Waals surface area (Å²) in [5.74, 6) is -2.18. The average molecular weight is 318 g/mol. The molecule has 0 bridgehead atoms. The van der Waals surface area contributed by atoms with Gasteiger partial charge in [0.25, 0.3) is 5.91 Å². The van der Waals surface area contributed by atoms with Crippen LogP contribution in [0.25, 0.3) is 0 Å². The van der Waals surface area contributed by atoms with E-state index in [9.17, 15) is 14.0 Å². The molecular weight excluding hydrogens is 305 g/mol. The molecule has 0 fully saturated rings. The van der Waals surface area contributed by atoms with Gasteiger partial charge in [-0.05, 0) is 41.9 Å². The highest BCUT2D eigenvalue weighted by Crippen LogP contribution is 2.22. The molecule has 18 heavy (non-hydrogen) atoms. The minimum absolute atomic E-state index is 0.0473. The van der Waals surface area contributed by atoms with Crippen LogP contribution in [0.3, 0.4) is 0 Å². The Morgan fingerprint density at radius 3 is 2.56 bits per heavy atom. The van der Waals surface area contributed by atoms with Gasteiger partial charge in [-0.25, -0.2) is 4.39 Å².